The zero-order chi connectivity index (χ0) is 12.3. The quantitative estimate of drug-likeness (QED) is 0.876. The second-order valence-corrected chi connectivity index (χ2v) is 4.98. The number of ether oxygens (including phenoxy) is 1. The highest BCUT2D eigenvalue weighted by Gasteiger charge is 2.29. The van der Waals surface area contributed by atoms with Crippen LogP contribution in [0.3, 0.4) is 0 Å². The fourth-order valence-electron chi connectivity index (χ4n) is 2.24. The molecule has 0 unspecified atom stereocenters. The molecule has 0 aliphatic heterocycles. The zero-order valence-corrected chi connectivity index (χ0v) is 10.2. The summed E-state index contributed by atoms with van der Waals surface area (Å²) in [6, 6.07) is 4.81. The molecule has 0 atom stereocenters. The molecule has 0 amide bonds. The van der Waals surface area contributed by atoms with Gasteiger partial charge in [-0.2, -0.15) is 0 Å². The van der Waals surface area contributed by atoms with Crippen molar-refractivity contribution in [2.24, 2.45) is 0 Å². The maximum absolute atomic E-state index is 13.3. The van der Waals surface area contributed by atoms with Crippen LogP contribution in [0.15, 0.2) is 18.2 Å². The summed E-state index contributed by atoms with van der Waals surface area (Å²) in [5.41, 5.74) is -0.117. The second kappa shape index (κ2) is 5.05. The standard InChI is InChI=1S/C14H19FO2/c1-11-5-6-12(9-13(11)15)17-10-14(16)7-3-2-4-8-14/h5-6,9,16H,2-4,7-8,10H2,1H3. The van der Waals surface area contributed by atoms with E-state index in [0.29, 0.717) is 11.3 Å². The summed E-state index contributed by atoms with van der Waals surface area (Å²) in [7, 11) is 0. The number of halogens is 1. The Morgan fingerprint density at radius 2 is 2.00 bits per heavy atom. The molecule has 0 spiro atoms. The predicted octanol–water partition coefficient (Wildman–Crippen LogP) is 3.21. The molecule has 17 heavy (non-hydrogen) atoms. The minimum atomic E-state index is -0.723. The van der Waals surface area contributed by atoms with Crippen molar-refractivity contribution in [3.63, 3.8) is 0 Å². The number of hydrogen-bond acceptors (Lipinski definition) is 2. The third-order valence-corrected chi connectivity index (χ3v) is 3.44. The van der Waals surface area contributed by atoms with E-state index in [1.54, 1.807) is 19.1 Å². The van der Waals surface area contributed by atoms with Gasteiger partial charge in [-0.05, 0) is 31.4 Å². The van der Waals surface area contributed by atoms with Gasteiger partial charge in [0.15, 0.2) is 0 Å². The molecule has 1 fully saturated rings. The van der Waals surface area contributed by atoms with Gasteiger partial charge < -0.3 is 9.84 Å². The Kier molecular flexibility index (Phi) is 3.67. The summed E-state index contributed by atoms with van der Waals surface area (Å²) >= 11 is 0. The summed E-state index contributed by atoms with van der Waals surface area (Å²) in [4.78, 5) is 0. The van der Waals surface area contributed by atoms with Crippen molar-refractivity contribution in [3.8, 4) is 5.75 Å². The van der Waals surface area contributed by atoms with Crippen molar-refractivity contribution < 1.29 is 14.2 Å². The van der Waals surface area contributed by atoms with Gasteiger partial charge in [-0.1, -0.05) is 25.3 Å². The van der Waals surface area contributed by atoms with Gasteiger partial charge in [0.25, 0.3) is 0 Å². The molecule has 0 radical (unpaired) electrons. The third-order valence-electron chi connectivity index (χ3n) is 3.44. The van der Waals surface area contributed by atoms with Gasteiger partial charge in [0, 0.05) is 6.07 Å². The van der Waals surface area contributed by atoms with E-state index in [-0.39, 0.29) is 12.4 Å². The fourth-order valence-corrected chi connectivity index (χ4v) is 2.24. The van der Waals surface area contributed by atoms with Gasteiger partial charge in [0.05, 0.1) is 5.60 Å². The Labute approximate surface area is 101 Å². The highest BCUT2D eigenvalue weighted by atomic mass is 19.1. The van der Waals surface area contributed by atoms with E-state index in [1.807, 2.05) is 0 Å². The summed E-state index contributed by atoms with van der Waals surface area (Å²) < 4.78 is 18.8. The van der Waals surface area contributed by atoms with Crippen LogP contribution < -0.4 is 4.74 Å². The van der Waals surface area contributed by atoms with Crippen molar-refractivity contribution >= 4 is 0 Å². The zero-order valence-electron chi connectivity index (χ0n) is 10.2. The third kappa shape index (κ3) is 3.19. The molecule has 1 saturated carbocycles. The summed E-state index contributed by atoms with van der Waals surface area (Å²) in [6.07, 6.45) is 4.83. The second-order valence-electron chi connectivity index (χ2n) is 4.98. The minimum Gasteiger partial charge on any atom is -0.490 e. The summed E-state index contributed by atoms with van der Waals surface area (Å²) in [6.45, 7) is 1.98. The molecule has 1 aliphatic rings. The molecule has 0 saturated heterocycles. The number of aryl methyl sites for hydroxylation is 1. The Bertz CT molecular complexity index is 384. The average Bonchev–Trinajstić information content (AvgIpc) is 2.32. The molecular formula is C14H19FO2. The SMILES string of the molecule is Cc1ccc(OCC2(O)CCCCC2)cc1F. The van der Waals surface area contributed by atoms with E-state index in [1.165, 1.54) is 12.5 Å². The topological polar surface area (TPSA) is 29.5 Å². The highest BCUT2D eigenvalue weighted by Crippen LogP contribution is 2.29. The lowest BCUT2D eigenvalue weighted by atomic mass is 9.85. The Morgan fingerprint density at radius 1 is 1.29 bits per heavy atom. The van der Waals surface area contributed by atoms with Crippen molar-refractivity contribution in [3.05, 3.63) is 29.6 Å². The molecule has 2 rings (SSSR count). The highest BCUT2D eigenvalue weighted by molar-refractivity contribution is 5.28. The van der Waals surface area contributed by atoms with E-state index < -0.39 is 5.60 Å². The first kappa shape index (κ1) is 12.4. The average molecular weight is 238 g/mol. The van der Waals surface area contributed by atoms with Gasteiger partial charge in [-0.25, -0.2) is 4.39 Å². The van der Waals surface area contributed by atoms with E-state index in [2.05, 4.69) is 0 Å². The van der Waals surface area contributed by atoms with Crippen LogP contribution in [0, 0.1) is 12.7 Å². The number of rotatable bonds is 3. The van der Waals surface area contributed by atoms with Crippen molar-refractivity contribution in [2.45, 2.75) is 44.6 Å². The van der Waals surface area contributed by atoms with Crippen LogP contribution in [0.5, 0.6) is 5.75 Å². The van der Waals surface area contributed by atoms with E-state index >= 15 is 0 Å². The molecule has 1 aromatic rings. The normalized spacial score (nSPS) is 19.0. The number of benzene rings is 1. The Morgan fingerprint density at radius 3 is 2.65 bits per heavy atom. The minimum absolute atomic E-state index is 0.259. The molecule has 0 bridgehead atoms. The van der Waals surface area contributed by atoms with Crippen molar-refractivity contribution in [1.29, 1.82) is 0 Å². The van der Waals surface area contributed by atoms with Crippen LogP contribution in [0.2, 0.25) is 0 Å². The van der Waals surface area contributed by atoms with Gasteiger partial charge in [0.2, 0.25) is 0 Å². The largest absolute Gasteiger partial charge is 0.490 e. The number of hydrogen-bond donors (Lipinski definition) is 1. The molecule has 3 heteroatoms. The van der Waals surface area contributed by atoms with Crippen LogP contribution >= 0.6 is 0 Å². The lowest BCUT2D eigenvalue weighted by molar-refractivity contribution is -0.0339. The first-order chi connectivity index (χ1) is 8.09. The molecular weight excluding hydrogens is 219 g/mol. The van der Waals surface area contributed by atoms with Crippen LogP contribution in [-0.4, -0.2) is 17.3 Å². The van der Waals surface area contributed by atoms with E-state index in [9.17, 15) is 9.50 Å². The van der Waals surface area contributed by atoms with Crippen LogP contribution in [0.1, 0.15) is 37.7 Å². The first-order valence-electron chi connectivity index (χ1n) is 6.20. The van der Waals surface area contributed by atoms with Crippen LogP contribution in [-0.2, 0) is 0 Å². The Balaban J connectivity index is 1.94. The van der Waals surface area contributed by atoms with Crippen LogP contribution in [0.25, 0.3) is 0 Å². The molecule has 0 aromatic heterocycles. The van der Waals surface area contributed by atoms with Crippen molar-refractivity contribution in [2.75, 3.05) is 6.61 Å². The summed E-state index contributed by atoms with van der Waals surface area (Å²) in [5, 5.41) is 10.2. The maximum Gasteiger partial charge on any atom is 0.129 e. The molecule has 2 nitrogen and oxygen atoms in total. The van der Waals surface area contributed by atoms with Gasteiger partial charge >= 0.3 is 0 Å². The van der Waals surface area contributed by atoms with E-state index in [4.69, 9.17) is 4.74 Å². The monoisotopic (exact) mass is 238 g/mol. The molecule has 1 aliphatic carbocycles. The maximum atomic E-state index is 13.3. The molecule has 0 heterocycles. The first-order valence-corrected chi connectivity index (χ1v) is 6.20. The Hall–Kier alpha value is -1.09. The smallest absolute Gasteiger partial charge is 0.129 e. The van der Waals surface area contributed by atoms with E-state index in [0.717, 1.165) is 25.7 Å². The van der Waals surface area contributed by atoms with Crippen molar-refractivity contribution in [1.82, 2.24) is 0 Å². The number of aliphatic hydroxyl groups is 1. The molecule has 94 valence electrons. The van der Waals surface area contributed by atoms with Gasteiger partial charge in [-0.15, -0.1) is 0 Å². The molecule has 1 N–H and O–H groups in total. The predicted molar refractivity (Wildman–Crippen MR) is 64.7 cm³/mol. The van der Waals surface area contributed by atoms with Gasteiger partial charge in [-0.3, -0.25) is 0 Å². The van der Waals surface area contributed by atoms with Gasteiger partial charge in [0.1, 0.15) is 18.2 Å². The lowest BCUT2D eigenvalue weighted by Gasteiger charge is -2.31. The molecule has 1 aromatic carbocycles. The summed E-state index contributed by atoms with van der Waals surface area (Å²) in [5.74, 6) is 0.227. The van der Waals surface area contributed by atoms with Crippen LogP contribution in [0.4, 0.5) is 4.39 Å². The fraction of sp³-hybridized carbons (Fsp3) is 0.571. The lowest BCUT2D eigenvalue weighted by Crippen LogP contribution is -2.37.